The Morgan fingerprint density at radius 2 is 1.57 bits per heavy atom. The summed E-state index contributed by atoms with van der Waals surface area (Å²) in [5.41, 5.74) is 6.54. The predicted molar refractivity (Wildman–Crippen MR) is 186 cm³/mol. The van der Waals surface area contributed by atoms with Gasteiger partial charge in [0.25, 0.3) is 5.91 Å². The fraction of sp³-hybridized carbons (Fsp3) is 0.395. The Morgan fingerprint density at radius 3 is 2.22 bits per heavy atom. The molecule has 4 aromatic rings. The Bertz CT molecular complexity index is 1670. The number of fused-ring (bicyclic) bond motifs is 2. The van der Waals surface area contributed by atoms with E-state index in [1.807, 2.05) is 66.7 Å². The van der Waals surface area contributed by atoms with Gasteiger partial charge in [-0.3, -0.25) is 10.1 Å². The van der Waals surface area contributed by atoms with Crippen LogP contribution in [-0.2, 0) is 11.8 Å². The van der Waals surface area contributed by atoms with Crippen LogP contribution in [0.5, 0.6) is 0 Å². The SMILES string of the molecule is CCNc1ccc(C(=O)N2C3CCC2CC(Cc2cccc(NC(=O)Nc4cc(C(C)(C)C)nn4-c4ccc(C)cc4)c2)C3)cc1. The van der Waals surface area contributed by atoms with E-state index in [1.165, 1.54) is 5.56 Å². The second-order valence-corrected chi connectivity index (χ2v) is 13.9. The summed E-state index contributed by atoms with van der Waals surface area (Å²) in [4.78, 5) is 28.9. The molecule has 0 saturated carbocycles. The van der Waals surface area contributed by atoms with Gasteiger partial charge in [0.2, 0.25) is 0 Å². The third kappa shape index (κ3) is 6.96. The molecular formula is C38H46N6O2. The Hall–Kier alpha value is -4.59. The number of anilines is 3. The molecule has 8 heteroatoms. The molecule has 0 radical (unpaired) electrons. The summed E-state index contributed by atoms with van der Waals surface area (Å²) >= 11 is 0. The predicted octanol–water partition coefficient (Wildman–Crippen LogP) is 8.18. The maximum absolute atomic E-state index is 13.5. The number of urea groups is 1. The Balaban J connectivity index is 1.09. The van der Waals surface area contributed by atoms with Crippen LogP contribution in [0.4, 0.5) is 22.0 Å². The molecule has 2 atom stereocenters. The highest BCUT2D eigenvalue weighted by Gasteiger charge is 2.43. The highest BCUT2D eigenvalue weighted by molar-refractivity contribution is 5.99. The van der Waals surface area contributed by atoms with Gasteiger partial charge in [-0.05, 0) is 106 Å². The lowest BCUT2D eigenvalue weighted by Gasteiger charge is -2.39. The first-order valence-electron chi connectivity index (χ1n) is 16.6. The molecule has 0 spiro atoms. The van der Waals surface area contributed by atoms with Crippen molar-refractivity contribution in [2.24, 2.45) is 5.92 Å². The fourth-order valence-corrected chi connectivity index (χ4v) is 6.98. The van der Waals surface area contributed by atoms with Crippen LogP contribution in [0.1, 0.15) is 80.6 Å². The molecule has 2 fully saturated rings. The topological polar surface area (TPSA) is 91.3 Å². The summed E-state index contributed by atoms with van der Waals surface area (Å²) in [6.07, 6.45) is 5.09. The number of rotatable bonds is 8. The van der Waals surface area contributed by atoms with Gasteiger partial charge in [-0.1, -0.05) is 50.6 Å². The summed E-state index contributed by atoms with van der Waals surface area (Å²) < 4.78 is 1.79. The third-order valence-electron chi connectivity index (χ3n) is 9.29. The second-order valence-electron chi connectivity index (χ2n) is 13.9. The highest BCUT2D eigenvalue weighted by atomic mass is 16.2. The van der Waals surface area contributed by atoms with E-state index in [-0.39, 0.29) is 29.4 Å². The quantitative estimate of drug-likeness (QED) is 0.186. The van der Waals surface area contributed by atoms with Crippen molar-refractivity contribution >= 4 is 29.1 Å². The van der Waals surface area contributed by atoms with E-state index in [0.717, 1.165) is 72.5 Å². The van der Waals surface area contributed by atoms with Crippen molar-refractivity contribution in [2.45, 2.75) is 84.2 Å². The van der Waals surface area contributed by atoms with Crippen molar-refractivity contribution in [1.82, 2.24) is 14.7 Å². The molecule has 3 amide bonds. The number of hydrogen-bond donors (Lipinski definition) is 3. The van der Waals surface area contributed by atoms with Gasteiger partial charge in [0.15, 0.2) is 0 Å². The number of carbonyl (C=O) groups excluding carboxylic acids is 2. The summed E-state index contributed by atoms with van der Waals surface area (Å²) in [6, 6.07) is 26.3. The largest absolute Gasteiger partial charge is 0.385 e. The number of benzene rings is 3. The van der Waals surface area contributed by atoms with Crippen molar-refractivity contribution in [2.75, 3.05) is 22.5 Å². The normalized spacial score (nSPS) is 19.2. The van der Waals surface area contributed by atoms with Gasteiger partial charge < -0.3 is 15.5 Å². The summed E-state index contributed by atoms with van der Waals surface area (Å²) in [5.74, 6) is 1.28. The lowest BCUT2D eigenvalue weighted by Crippen LogP contribution is -2.46. The molecule has 1 aromatic heterocycles. The molecule has 240 valence electrons. The van der Waals surface area contributed by atoms with E-state index >= 15 is 0 Å². The molecule has 3 N–H and O–H groups in total. The van der Waals surface area contributed by atoms with Gasteiger partial charge >= 0.3 is 6.03 Å². The molecule has 3 heterocycles. The molecule has 0 aliphatic carbocycles. The van der Waals surface area contributed by atoms with Gasteiger partial charge in [-0.2, -0.15) is 5.10 Å². The van der Waals surface area contributed by atoms with E-state index in [2.05, 4.69) is 67.6 Å². The Morgan fingerprint density at radius 1 is 0.870 bits per heavy atom. The minimum Gasteiger partial charge on any atom is -0.385 e. The highest BCUT2D eigenvalue weighted by Crippen LogP contribution is 2.41. The molecule has 6 rings (SSSR count). The van der Waals surface area contributed by atoms with E-state index in [4.69, 9.17) is 5.10 Å². The van der Waals surface area contributed by atoms with Crippen LogP contribution in [0.15, 0.2) is 78.9 Å². The first kappa shape index (κ1) is 31.4. The van der Waals surface area contributed by atoms with Crippen LogP contribution in [0.3, 0.4) is 0 Å². The van der Waals surface area contributed by atoms with Crippen molar-refractivity contribution < 1.29 is 9.59 Å². The number of aromatic nitrogens is 2. The van der Waals surface area contributed by atoms with Crippen molar-refractivity contribution in [1.29, 1.82) is 0 Å². The zero-order chi connectivity index (χ0) is 32.4. The molecule has 2 saturated heterocycles. The zero-order valence-corrected chi connectivity index (χ0v) is 27.6. The zero-order valence-electron chi connectivity index (χ0n) is 27.6. The van der Waals surface area contributed by atoms with Gasteiger partial charge in [0, 0.05) is 47.0 Å². The molecule has 2 aliphatic rings. The van der Waals surface area contributed by atoms with Gasteiger partial charge in [0.05, 0.1) is 11.4 Å². The van der Waals surface area contributed by atoms with Crippen LogP contribution >= 0.6 is 0 Å². The van der Waals surface area contributed by atoms with E-state index in [1.54, 1.807) is 4.68 Å². The van der Waals surface area contributed by atoms with Crippen LogP contribution < -0.4 is 16.0 Å². The monoisotopic (exact) mass is 618 g/mol. The van der Waals surface area contributed by atoms with Crippen LogP contribution in [0.2, 0.25) is 0 Å². The van der Waals surface area contributed by atoms with Crippen LogP contribution in [0, 0.1) is 12.8 Å². The Kier molecular flexibility index (Phi) is 8.89. The molecule has 2 unspecified atom stereocenters. The fourth-order valence-electron chi connectivity index (χ4n) is 6.98. The van der Waals surface area contributed by atoms with Crippen molar-refractivity contribution in [3.05, 3.63) is 101 Å². The lowest BCUT2D eigenvalue weighted by atomic mass is 9.85. The lowest BCUT2D eigenvalue weighted by molar-refractivity contribution is 0.0524. The summed E-state index contributed by atoms with van der Waals surface area (Å²) in [5, 5.41) is 14.2. The van der Waals surface area contributed by atoms with E-state index in [0.29, 0.717) is 11.7 Å². The van der Waals surface area contributed by atoms with Crippen LogP contribution in [-0.4, -0.2) is 45.2 Å². The third-order valence-corrected chi connectivity index (χ3v) is 9.29. The summed E-state index contributed by atoms with van der Waals surface area (Å²) in [7, 11) is 0. The summed E-state index contributed by atoms with van der Waals surface area (Å²) in [6.45, 7) is 11.3. The smallest absolute Gasteiger partial charge is 0.324 e. The Labute approximate surface area is 272 Å². The second kappa shape index (κ2) is 13.0. The standard InChI is InChI=1S/C38H46N6O2/c1-6-39-29-14-12-28(13-15-29)36(45)43-32-18-19-33(43)23-27(22-32)20-26-8-7-9-30(21-26)40-37(46)41-35-24-34(38(3,4)5)42-44(35)31-16-10-25(2)11-17-31/h7-17,21,24,27,32-33,39H,6,18-20,22-23H2,1-5H3,(H2,40,41,46). The number of piperidine rings is 1. The average Bonchev–Trinajstić information content (AvgIpc) is 3.56. The number of carbonyl (C=O) groups is 2. The van der Waals surface area contributed by atoms with Crippen molar-refractivity contribution in [3.63, 3.8) is 0 Å². The average molecular weight is 619 g/mol. The number of hydrogen-bond acceptors (Lipinski definition) is 4. The minimum atomic E-state index is -0.311. The molecule has 2 aliphatic heterocycles. The number of aryl methyl sites for hydroxylation is 1. The van der Waals surface area contributed by atoms with Gasteiger partial charge in [-0.15, -0.1) is 0 Å². The molecule has 46 heavy (non-hydrogen) atoms. The maximum Gasteiger partial charge on any atom is 0.324 e. The van der Waals surface area contributed by atoms with E-state index < -0.39 is 0 Å². The first-order valence-corrected chi connectivity index (χ1v) is 16.6. The number of nitrogens with zero attached hydrogens (tertiary/aromatic N) is 3. The van der Waals surface area contributed by atoms with Gasteiger partial charge in [-0.25, -0.2) is 9.48 Å². The first-order chi connectivity index (χ1) is 22.1. The molecule has 2 bridgehead atoms. The minimum absolute atomic E-state index is 0.157. The van der Waals surface area contributed by atoms with E-state index in [9.17, 15) is 9.59 Å². The number of nitrogens with one attached hydrogen (secondary N) is 3. The van der Waals surface area contributed by atoms with Crippen molar-refractivity contribution in [3.8, 4) is 5.69 Å². The number of amides is 3. The van der Waals surface area contributed by atoms with Gasteiger partial charge in [0.1, 0.15) is 5.82 Å². The molecule has 3 aromatic carbocycles. The molecule has 8 nitrogen and oxygen atoms in total. The maximum atomic E-state index is 13.5. The van der Waals surface area contributed by atoms with Crippen LogP contribution in [0.25, 0.3) is 5.69 Å². The molecular weight excluding hydrogens is 572 g/mol.